The van der Waals surface area contributed by atoms with E-state index in [9.17, 15) is 24.5 Å². The van der Waals surface area contributed by atoms with Gasteiger partial charge in [0, 0.05) is 36.5 Å². The van der Waals surface area contributed by atoms with Crippen LogP contribution in [0.3, 0.4) is 0 Å². The third-order valence-electron chi connectivity index (χ3n) is 6.31. The van der Waals surface area contributed by atoms with Crippen molar-refractivity contribution in [3.8, 4) is 11.5 Å². The number of carbonyl (C=O) groups is 3. The minimum atomic E-state index is -0.722. The molecule has 202 valence electrons. The van der Waals surface area contributed by atoms with Crippen molar-refractivity contribution in [1.29, 1.82) is 0 Å². The van der Waals surface area contributed by atoms with Gasteiger partial charge in [0.1, 0.15) is 11.5 Å². The Morgan fingerprint density at radius 3 is 2.54 bits per heavy atom. The molecular weight excluding hydrogens is 502 g/mol. The maximum atomic E-state index is 12.6. The predicted molar refractivity (Wildman–Crippen MR) is 145 cm³/mol. The molecular formula is C29H29N3O7. The minimum absolute atomic E-state index is 0.0371. The molecule has 0 aliphatic carbocycles. The first kappa shape index (κ1) is 27.3. The van der Waals surface area contributed by atoms with Crippen molar-refractivity contribution in [2.75, 3.05) is 23.4 Å². The summed E-state index contributed by atoms with van der Waals surface area (Å²) in [6, 6.07) is 18.6. The van der Waals surface area contributed by atoms with Gasteiger partial charge < -0.3 is 19.7 Å². The van der Waals surface area contributed by atoms with Crippen molar-refractivity contribution in [1.82, 2.24) is 0 Å². The number of benzene rings is 3. The van der Waals surface area contributed by atoms with Gasteiger partial charge in [0.2, 0.25) is 5.91 Å². The van der Waals surface area contributed by atoms with E-state index >= 15 is 0 Å². The molecule has 10 heteroatoms. The van der Waals surface area contributed by atoms with E-state index in [0.29, 0.717) is 17.4 Å². The smallest absolute Gasteiger partial charge is 0.311 e. The molecule has 1 aliphatic heterocycles. The first-order valence-electron chi connectivity index (χ1n) is 12.5. The van der Waals surface area contributed by atoms with Crippen LogP contribution in [0.25, 0.3) is 0 Å². The van der Waals surface area contributed by atoms with Gasteiger partial charge in [0.05, 0.1) is 10.8 Å². The molecule has 3 aromatic rings. The number of nitro groups is 1. The molecule has 1 N–H and O–H groups in total. The Balaban J connectivity index is 1.32. The molecule has 0 bridgehead atoms. The maximum absolute atomic E-state index is 12.6. The molecule has 0 radical (unpaired) electrons. The minimum Gasteiger partial charge on any atom is -0.457 e. The van der Waals surface area contributed by atoms with Crippen LogP contribution in [0.2, 0.25) is 0 Å². The van der Waals surface area contributed by atoms with Crippen molar-refractivity contribution in [2.24, 2.45) is 5.92 Å². The van der Waals surface area contributed by atoms with Crippen molar-refractivity contribution >= 4 is 34.8 Å². The number of nitrogens with one attached hydrogen (secondary N) is 1. The van der Waals surface area contributed by atoms with Crippen molar-refractivity contribution < 1.29 is 28.8 Å². The molecule has 0 aromatic heterocycles. The van der Waals surface area contributed by atoms with Crippen molar-refractivity contribution in [3.63, 3.8) is 0 Å². The Morgan fingerprint density at radius 1 is 1.10 bits per heavy atom. The van der Waals surface area contributed by atoms with Crippen molar-refractivity contribution in [3.05, 3.63) is 88.0 Å². The highest BCUT2D eigenvalue weighted by Crippen LogP contribution is 2.33. The number of ether oxygens (including phenoxy) is 2. The summed E-state index contributed by atoms with van der Waals surface area (Å²) in [6.45, 7) is 5.76. The van der Waals surface area contributed by atoms with Gasteiger partial charge in [0.25, 0.3) is 11.6 Å². The second-order valence-corrected chi connectivity index (χ2v) is 9.66. The molecule has 0 spiro atoms. The number of non-ortho nitro benzene ring substituents is 1. The van der Waals surface area contributed by atoms with Gasteiger partial charge in [0.15, 0.2) is 6.61 Å². The second-order valence-electron chi connectivity index (χ2n) is 9.66. The van der Waals surface area contributed by atoms with Crippen LogP contribution < -0.4 is 15.0 Å². The third kappa shape index (κ3) is 6.78. The Hall–Kier alpha value is -4.73. The molecule has 10 nitrogen and oxygen atoms in total. The molecule has 1 saturated heterocycles. The highest BCUT2D eigenvalue weighted by molar-refractivity contribution is 6.00. The molecule has 4 rings (SSSR count). The van der Waals surface area contributed by atoms with Crippen LogP contribution in [0.4, 0.5) is 17.1 Å². The lowest BCUT2D eigenvalue weighted by atomic mass is 10.0. The number of anilines is 2. The Labute approximate surface area is 225 Å². The van der Waals surface area contributed by atoms with E-state index < -0.39 is 29.3 Å². The van der Waals surface area contributed by atoms with Crippen LogP contribution in [0, 0.1) is 23.0 Å². The van der Waals surface area contributed by atoms with Gasteiger partial charge >= 0.3 is 5.97 Å². The number of nitro benzene ring substituents is 1. The van der Waals surface area contributed by atoms with Crippen LogP contribution in [0.5, 0.6) is 11.5 Å². The number of nitrogens with zero attached hydrogens (tertiary/aromatic N) is 2. The highest BCUT2D eigenvalue weighted by Gasteiger charge is 2.36. The van der Waals surface area contributed by atoms with Gasteiger partial charge in [-0.15, -0.1) is 0 Å². The Bertz CT molecular complexity index is 1400. The Morgan fingerprint density at radius 2 is 1.85 bits per heavy atom. The fourth-order valence-electron chi connectivity index (χ4n) is 4.29. The quantitative estimate of drug-likeness (QED) is 0.224. The summed E-state index contributed by atoms with van der Waals surface area (Å²) in [6.07, 6.45) is -0.0371. The van der Waals surface area contributed by atoms with E-state index in [1.54, 1.807) is 24.3 Å². The fourth-order valence-corrected chi connectivity index (χ4v) is 4.29. The third-order valence-corrected chi connectivity index (χ3v) is 6.31. The average molecular weight is 532 g/mol. The monoisotopic (exact) mass is 531 g/mol. The molecule has 3 aromatic carbocycles. The fraction of sp³-hybridized carbons (Fsp3) is 0.276. The van der Waals surface area contributed by atoms with Crippen LogP contribution >= 0.6 is 0 Å². The maximum Gasteiger partial charge on any atom is 0.311 e. The molecule has 0 unspecified atom stereocenters. The average Bonchev–Trinajstić information content (AvgIpc) is 3.29. The molecule has 1 fully saturated rings. The second kappa shape index (κ2) is 11.8. The molecule has 1 heterocycles. The first-order valence-corrected chi connectivity index (χ1v) is 12.5. The normalized spacial score (nSPS) is 14.8. The molecule has 1 aliphatic rings. The summed E-state index contributed by atoms with van der Waals surface area (Å²) in [4.78, 5) is 49.2. The molecule has 39 heavy (non-hydrogen) atoms. The first-order chi connectivity index (χ1) is 18.6. The van der Waals surface area contributed by atoms with Crippen LogP contribution in [-0.2, 0) is 19.1 Å². The number of esters is 1. The Kier molecular flexibility index (Phi) is 8.24. The largest absolute Gasteiger partial charge is 0.457 e. The molecule has 0 saturated carbocycles. The SMILES string of the molecule is Cc1ccc(C(C)C)c(Oc2ccc(N3C[C@H](C(=O)OCC(=O)Nc4cccc([N+](=O)[O-])c4)CC3=O)cc2)c1. The van der Waals surface area contributed by atoms with Crippen LogP contribution in [0.1, 0.15) is 37.3 Å². The van der Waals surface area contributed by atoms with E-state index in [4.69, 9.17) is 9.47 Å². The number of carbonyl (C=O) groups excluding carboxylic acids is 3. The summed E-state index contributed by atoms with van der Waals surface area (Å²) in [7, 11) is 0. The van der Waals surface area contributed by atoms with Crippen LogP contribution in [0.15, 0.2) is 66.7 Å². The summed E-state index contributed by atoms with van der Waals surface area (Å²) < 4.78 is 11.2. The summed E-state index contributed by atoms with van der Waals surface area (Å²) in [5.41, 5.74) is 2.85. The zero-order chi connectivity index (χ0) is 28.1. The van der Waals surface area contributed by atoms with Gasteiger partial charge in [-0.2, -0.15) is 0 Å². The number of aryl methyl sites for hydroxylation is 1. The standard InChI is InChI=1S/C29H29N3O7/c1-18(2)25-12-7-19(3)13-26(25)39-24-10-8-22(9-11-24)31-16-20(14-28(31)34)29(35)38-17-27(33)30-21-5-4-6-23(15-21)32(36)37/h4-13,15,18,20H,14,16-17H2,1-3H3,(H,30,33)/t20-/m1/s1. The number of hydrogen-bond acceptors (Lipinski definition) is 7. The number of amides is 2. The van der Waals surface area contributed by atoms with Crippen molar-refractivity contribution in [2.45, 2.75) is 33.1 Å². The number of rotatable bonds is 9. The molecule has 1 atom stereocenters. The predicted octanol–water partition coefficient (Wildman–Crippen LogP) is 5.35. The summed E-state index contributed by atoms with van der Waals surface area (Å²) in [5.74, 6) is -0.552. The molecule has 2 amide bonds. The summed E-state index contributed by atoms with van der Waals surface area (Å²) >= 11 is 0. The zero-order valence-corrected chi connectivity index (χ0v) is 21.9. The van der Waals surface area contributed by atoms with Crippen LogP contribution in [-0.4, -0.2) is 35.9 Å². The lowest BCUT2D eigenvalue weighted by molar-refractivity contribution is -0.384. The van der Waals surface area contributed by atoms with E-state index in [0.717, 1.165) is 16.9 Å². The van der Waals surface area contributed by atoms with E-state index in [2.05, 4.69) is 31.3 Å². The summed E-state index contributed by atoms with van der Waals surface area (Å²) in [5, 5.41) is 13.3. The van der Waals surface area contributed by atoms with Gasteiger partial charge in [-0.05, 0) is 60.4 Å². The van der Waals surface area contributed by atoms with E-state index in [1.807, 2.05) is 13.0 Å². The van der Waals surface area contributed by atoms with Gasteiger partial charge in [-0.1, -0.05) is 32.0 Å². The highest BCUT2D eigenvalue weighted by atomic mass is 16.6. The lowest BCUT2D eigenvalue weighted by Crippen LogP contribution is -2.28. The van der Waals surface area contributed by atoms with E-state index in [-0.39, 0.29) is 30.2 Å². The number of hydrogen-bond donors (Lipinski definition) is 1. The topological polar surface area (TPSA) is 128 Å². The zero-order valence-electron chi connectivity index (χ0n) is 21.9. The van der Waals surface area contributed by atoms with Gasteiger partial charge in [-0.3, -0.25) is 24.5 Å². The van der Waals surface area contributed by atoms with Gasteiger partial charge in [-0.25, -0.2) is 0 Å². The lowest BCUT2D eigenvalue weighted by Gasteiger charge is -2.18. The van der Waals surface area contributed by atoms with E-state index in [1.165, 1.54) is 29.2 Å².